The maximum atomic E-state index is 12.0. The summed E-state index contributed by atoms with van der Waals surface area (Å²) >= 11 is 0. The average Bonchev–Trinajstić information content (AvgIpc) is 2.82. The third-order valence-corrected chi connectivity index (χ3v) is 3.76. The zero-order valence-electron chi connectivity index (χ0n) is 12.2. The molecule has 1 aromatic heterocycles. The lowest BCUT2D eigenvalue weighted by molar-refractivity contribution is -0.127. The molecular formula is C16H22N2O2. The highest BCUT2D eigenvalue weighted by molar-refractivity contribution is 5.91. The Morgan fingerprint density at radius 3 is 2.80 bits per heavy atom. The fraction of sp³-hybridized carbons (Fsp3) is 0.500. The Labute approximate surface area is 120 Å². The molecular weight excluding hydrogens is 252 g/mol. The lowest BCUT2D eigenvalue weighted by Crippen LogP contribution is -2.41. The number of hydrogen-bond acceptors (Lipinski definition) is 3. The number of aryl methyl sites for hydroxylation is 1. The summed E-state index contributed by atoms with van der Waals surface area (Å²) in [7, 11) is 1.73. The lowest BCUT2D eigenvalue weighted by Gasteiger charge is -2.27. The Kier molecular flexibility index (Phi) is 4.55. The Morgan fingerprint density at radius 1 is 1.45 bits per heavy atom. The average molecular weight is 274 g/mol. The van der Waals surface area contributed by atoms with Gasteiger partial charge in [-0.3, -0.25) is 9.78 Å². The van der Waals surface area contributed by atoms with E-state index in [1.165, 1.54) is 6.08 Å². The zero-order chi connectivity index (χ0) is 14.6. The van der Waals surface area contributed by atoms with Crippen molar-refractivity contribution in [3.05, 3.63) is 35.7 Å². The molecule has 1 heterocycles. The molecule has 0 spiro atoms. The van der Waals surface area contributed by atoms with Gasteiger partial charge in [-0.2, -0.15) is 0 Å². The van der Waals surface area contributed by atoms with Crippen LogP contribution in [0, 0.1) is 6.92 Å². The molecule has 108 valence electrons. The first-order valence-corrected chi connectivity index (χ1v) is 7.06. The van der Waals surface area contributed by atoms with Crippen LogP contribution in [0.3, 0.4) is 0 Å². The van der Waals surface area contributed by atoms with Crippen molar-refractivity contribution in [2.24, 2.45) is 0 Å². The highest BCUT2D eigenvalue weighted by Crippen LogP contribution is 2.29. The number of hydrogen-bond donors (Lipinski definition) is 1. The van der Waals surface area contributed by atoms with Gasteiger partial charge < -0.3 is 10.0 Å². The topological polar surface area (TPSA) is 53.4 Å². The van der Waals surface area contributed by atoms with E-state index in [2.05, 4.69) is 4.98 Å². The van der Waals surface area contributed by atoms with Crippen LogP contribution in [0.4, 0.5) is 0 Å². The molecule has 0 radical (unpaired) electrons. The van der Waals surface area contributed by atoms with Crippen LogP contribution in [-0.4, -0.2) is 40.1 Å². The maximum Gasteiger partial charge on any atom is 0.246 e. The zero-order valence-corrected chi connectivity index (χ0v) is 12.2. The Hall–Kier alpha value is -1.68. The summed E-state index contributed by atoms with van der Waals surface area (Å²) in [5.74, 6) is -0.0909. The summed E-state index contributed by atoms with van der Waals surface area (Å²) in [6.45, 7) is 2.37. The number of amides is 1. The van der Waals surface area contributed by atoms with Crippen LogP contribution >= 0.6 is 0 Å². The van der Waals surface area contributed by atoms with Crippen molar-refractivity contribution < 1.29 is 9.90 Å². The monoisotopic (exact) mass is 274 g/mol. The second kappa shape index (κ2) is 6.18. The molecule has 0 aliphatic heterocycles. The summed E-state index contributed by atoms with van der Waals surface area (Å²) in [5.41, 5.74) is 1.28. The fourth-order valence-electron chi connectivity index (χ4n) is 2.67. The summed E-state index contributed by atoms with van der Waals surface area (Å²) in [4.78, 5) is 17.7. The second-order valence-electron chi connectivity index (χ2n) is 5.75. The van der Waals surface area contributed by atoms with Crippen molar-refractivity contribution in [2.45, 2.75) is 38.2 Å². The van der Waals surface area contributed by atoms with Gasteiger partial charge in [0, 0.05) is 32.1 Å². The van der Waals surface area contributed by atoms with Crippen LogP contribution in [0.1, 0.15) is 36.8 Å². The molecule has 1 saturated carbocycles. The molecule has 4 nitrogen and oxygen atoms in total. The highest BCUT2D eigenvalue weighted by atomic mass is 16.3. The van der Waals surface area contributed by atoms with Crippen LogP contribution in [0.5, 0.6) is 0 Å². The number of pyridine rings is 1. The minimum atomic E-state index is -0.691. The fourth-order valence-corrected chi connectivity index (χ4v) is 2.67. The standard InChI is InChI=1S/C16H22N2O2/c1-13-9-14(11-17-10-13)5-6-15(19)18(2)12-16(20)7-3-4-8-16/h5-6,9-11,20H,3-4,7-8,12H2,1-2H3/b6-5+. The molecule has 1 fully saturated rings. The van der Waals surface area contributed by atoms with Crippen molar-refractivity contribution in [3.8, 4) is 0 Å². The molecule has 1 aliphatic rings. The van der Waals surface area contributed by atoms with Crippen molar-refractivity contribution in [3.63, 3.8) is 0 Å². The van der Waals surface area contributed by atoms with Gasteiger partial charge in [-0.05, 0) is 43.0 Å². The molecule has 1 aromatic rings. The number of nitrogens with zero attached hydrogens (tertiary/aromatic N) is 2. The van der Waals surface area contributed by atoms with Gasteiger partial charge in [-0.15, -0.1) is 0 Å². The molecule has 0 bridgehead atoms. The normalized spacial score (nSPS) is 17.6. The molecule has 1 aliphatic carbocycles. The van der Waals surface area contributed by atoms with Crippen LogP contribution in [0.15, 0.2) is 24.5 Å². The van der Waals surface area contributed by atoms with Gasteiger partial charge in [0.1, 0.15) is 0 Å². The van der Waals surface area contributed by atoms with E-state index in [0.29, 0.717) is 6.54 Å². The minimum Gasteiger partial charge on any atom is -0.388 e. The quantitative estimate of drug-likeness (QED) is 0.856. The van der Waals surface area contributed by atoms with Gasteiger partial charge in [0.15, 0.2) is 0 Å². The van der Waals surface area contributed by atoms with Crippen LogP contribution < -0.4 is 0 Å². The largest absolute Gasteiger partial charge is 0.388 e. The molecule has 0 unspecified atom stereocenters. The van der Waals surface area contributed by atoms with Crippen LogP contribution in [-0.2, 0) is 4.79 Å². The molecule has 1 amide bonds. The number of rotatable bonds is 4. The maximum absolute atomic E-state index is 12.0. The molecule has 0 aromatic carbocycles. The van der Waals surface area contributed by atoms with Gasteiger partial charge in [0.05, 0.1) is 5.60 Å². The molecule has 20 heavy (non-hydrogen) atoms. The first-order chi connectivity index (χ1) is 9.48. The summed E-state index contributed by atoms with van der Waals surface area (Å²) in [6.07, 6.45) is 10.5. The third kappa shape index (κ3) is 3.90. The van der Waals surface area contributed by atoms with Crippen molar-refractivity contribution >= 4 is 12.0 Å². The lowest BCUT2D eigenvalue weighted by atomic mass is 10.0. The van der Waals surface area contributed by atoms with E-state index in [-0.39, 0.29) is 5.91 Å². The minimum absolute atomic E-state index is 0.0909. The smallest absolute Gasteiger partial charge is 0.246 e. The van der Waals surface area contributed by atoms with Crippen molar-refractivity contribution in [1.29, 1.82) is 0 Å². The van der Waals surface area contributed by atoms with Gasteiger partial charge in [-0.1, -0.05) is 12.8 Å². The Morgan fingerprint density at radius 2 is 2.15 bits per heavy atom. The van der Waals surface area contributed by atoms with Crippen molar-refractivity contribution in [1.82, 2.24) is 9.88 Å². The molecule has 0 saturated heterocycles. The van der Waals surface area contributed by atoms with Crippen LogP contribution in [0.2, 0.25) is 0 Å². The van der Waals surface area contributed by atoms with Gasteiger partial charge in [-0.25, -0.2) is 0 Å². The molecule has 0 atom stereocenters. The molecule has 4 heteroatoms. The highest BCUT2D eigenvalue weighted by Gasteiger charge is 2.32. The molecule has 1 N–H and O–H groups in total. The van der Waals surface area contributed by atoms with Gasteiger partial charge in [0.2, 0.25) is 5.91 Å². The van der Waals surface area contributed by atoms with Gasteiger partial charge in [0.25, 0.3) is 0 Å². The van der Waals surface area contributed by atoms with E-state index in [4.69, 9.17) is 0 Å². The summed E-state index contributed by atoms with van der Waals surface area (Å²) in [6, 6.07) is 1.97. The van der Waals surface area contributed by atoms with E-state index < -0.39 is 5.60 Å². The molecule has 2 rings (SSSR count). The van der Waals surface area contributed by atoms with Crippen molar-refractivity contribution in [2.75, 3.05) is 13.6 Å². The first-order valence-electron chi connectivity index (χ1n) is 7.06. The van der Waals surface area contributed by atoms with E-state index in [9.17, 15) is 9.90 Å². The number of carbonyl (C=O) groups is 1. The first kappa shape index (κ1) is 14.7. The van der Waals surface area contributed by atoms with E-state index in [0.717, 1.165) is 36.8 Å². The second-order valence-corrected chi connectivity index (χ2v) is 5.75. The summed E-state index contributed by atoms with van der Waals surface area (Å²) < 4.78 is 0. The van der Waals surface area contributed by atoms with E-state index in [1.807, 2.05) is 13.0 Å². The number of aromatic nitrogens is 1. The predicted octanol–water partition coefficient (Wildman–Crippen LogP) is 2.17. The number of aliphatic hydroxyl groups is 1. The van der Waals surface area contributed by atoms with Crippen LogP contribution in [0.25, 0.3) is 6.08 Å². The van der Waals surface area contributed by atoms with E-state index >= 15 is 0 Å². The summed E-state index contributed by atoms with van der Waals surface area (Å²) in [5, 5.41) is 10.3. The SMILES string of the molecule is Cc1cncc(/C=C/C(=O)N(C)CC2(O)CCCC2)c1. The third-order valence-electron chi connectivity index (χ3n) is 3.76. The van der Waals surface area contributed by atoms with E-state index in [1.54, 1.807) is 30.4 Å². The number of carbonyl (C=O) groups excluding carboxylic acids is 1. The van der Waals surface area contributed by atoms with Gasteiger partial charge >= 0.3 is 0 Å². The Bertz CT molecular complexity index is 505. The predicted molar refractivity (Wildman–Crippen MR) is 79.1 cm³/mol. The Balaban J connectivity index is 1.93. The number of likely N-dealkylation sites (N-methyl/N-ethyl adjacent to an activating group) is 1.